The van der Waals surface area contributed by atoms with Crippen molar-refractivity contribution in [3.05, 3.63) is 29.6 Å². The first-order valence-electron chi connectivity index (χ1n) is 10.8. The minimum absolute atomic E-state index is 0.00495. The van der Waals surface area contributed by atoms with Crippen LogP contribution in [-0.2, 0) is 30.2 Å². The van der Waals surface area contributed by atoms with Crippen molar-refractivity contribution in [1.29, 1.82) is 0 Å². The molecule has 2 atom stereocenters. The average Bonchev–Trinajstić information content (AvgIpc) is 3.33. The number of benzene rings is 1. The second-order valence-corrected chi connectivity index (χ2v) is 9.94. The topological polar surface area (TPSA) is 125 Å². The van der Waals surface area contributed by atoms with Gasteiger partial charge in [0.1, 0.15) is 18.0 Å². The summed E-state index contributed by atoms with van der Waals surface area (Å²) in [7, 11) is 0. The maximum absolute atomic E-state index is 15.3. The summed E-state index contributed by atoms with van der Waals surface area (Å²) >= 11 is -2.02. The van der Waals surface area contributed by atoms with Gasteiger partial charge in [-0.25, -0.2) is 13.4 Å². The number of rotatable bonds is 7. The van der Waals surface area contributed by atoms with E-state index in [1.54, 1.807) is 19.9 Å². The highest BCUT2D eigenvalue weighted by Crippen LogP contribution is 2.37. The van der Waals surface area contributed by atoms with E-state index in [-0.39, 0.29) is 49.1 Å². The molecule has 1 aromatic carbocycles. The number of nitrogens with one attached hydrogen (secondary N) is 1. The second kappa shape index (κ2) is 10.4. The molecule has 12 heteroatoms. The van der Waals surface area contributed by atoms with Crippen LogP contribution in [0.15, 0.2) is 18.2 Å². The molecule has 2 aliphatic heterocycles. The Morgan fingerprint density at radius 3 is 2.50 bits per heavy atom. The summed E-state index contributed by atoms with van der Waals surface area (Å²) in [6.07, 6.45) is 0.0360. The van der Waals surface area contributed by atoms with E-state index >= 15 is 4.39 Å². The van der Waals surface area contributed by atoms with E-state index in [1.807, 2.05) is 13.8 Å². The summed E-state index contributed by atoms with van der Waals surface area (Å²) in [6, 6.07) is 2.58. The highest BCUT2D eigenvalue weighted by atomic mass is 32.2. The van der Waals surface area contributed by atoms with Crippen molar-refractivity contribution in [2.45, 2.75) is 40.4 Å². The van der Waals surface area contributed by atoms with Crippen LogP contribution in [0.4, 0.5) is 14.9 Å². The Balaban J connectivity index is 1.71. The standard InChI is InChI=1S/C22H28FN3O7S/c1-12(2)9-18(29)32-21(13(3)4)33-22(30)25-8-7-14(10-25)15-5-6-16(27)20(19(15)23)26-11-17(28)24-34(26)31/h5-7,12-13,21,27H,8-11H2,1-4H3,(H,24,28). The Morgan fingerprint density at radius 1 is 1.21 bits per heavy atom. The number of carbonyl (C=O) groups excluding carboxylic acids is 3. The van der Waals surface area contributed by atoms with Gasteiger partial charge in [-0.3, -0.25) is 18.6 Å². The van der Waals surface area contributed by atoms with E-state index in [1.165, 1.54) is 17.0 Å². The van der Waals surface area contributed by atoms with Crippen molar-refractivity contribution in [3.8, 4) is 5.75 Å². The van der Waals surface area contributed by atoms with Gasteiger partial charge in [-0.2, -0.15) is 0 Å². The van der Waals surface area contributed by atoms with E-state index in [9.17, 15) is 23.7 Å². The van der Waals surface area contributed by atoms with Gasteiger partial charge in [-0.15, -0.1) is 0 Å². The normalized spacial score (nSPS) is 18.9. The number of carbonyl (C=O) groups is 3. The van der Waals surface area contributed by atoms with Crippen molar-refractivity contribution in [1.82, 2.24) is 9.62 Å². The van der Waals surface area contributed by atoms with E-state index < -0.39 is 47.0 Å². The lowest BCUT2D eigenvalue weighted by molar-refractivity contribution is -0.177. The lowest BCUT2D eigenvalue weighted by Crippen LogP contribution is -2.37. The third kappa shape index (κ3) is 5.66. The fourth-order valence-electron chi connectivity index (χ4n) is 3.45. The molecule has 0 spiro atoms. The van der Waals surface area contributed by atoms with E-state index in [0.717, 1.165) is 4.31 Å². The molecule has 0 saturated carbocycles. The van der Waals surface area contributed by atoms with Crippen molar-refractivity contribution in [2.24, 2.45) is 11.8 Å². The zero-order chi connectivity index (χ0) is 25.2. The number of phenolic OH excluding ortho intramolecular Hbond substituents is 1. The fourth-order valence-corrected chi connectivity index (χ4v) is 4.39. The van der Waals surface area contributed by atoms with Gasteiger partial charge < -0.3 is 19.5 Å². The number of esters is 1. The number of ether oxygens (including phenoxy) is 2. The second-order valence-electron chi connectivity index (χ2n) is 8.80. The Morgan fingerprint density at radius 2 is 1.91 bits per heavy atom. The molecule has 2 heterocycles. The van der Waals surface area contributed by atoms with Crippen LogP contribution in [0.1, 0.15) is 39.7 Å². The molecular formula is C22H28FN3O7S. The molecule has 2 aliphatic rings. The van der Waals surface area contributed by atoms with Crippen molar-refractivity contribution >= 4 is 40.4 Å². The summed E-state index contributed by atoms with van der Waals surface area (Å²) in [6.45, 7) is 7.02. The summed E-state index contributed by atoms with van der Waals surface area (Å²) in [5.41, 5.74) is 0.161. The molecule has 10 nitrogen and oxygen atoms in total. The van der Waals surface area contributed by atoms with Crippen LogP contribution in [0.2, 0.25) is 0 Å². The number of aromatic hydroxyl groups is 1. The Bertz CT molecular complexity index is 1040. The minimum atomic E-state index is -2.02. The Labute approximate surface area is 199 Å². The quantitative estimate of drug-likeness (QED) is 0.438. The van der Waals surface area contributed by atoms with Crippen LogP contribution in [0.25, 0.3) is 5.57 Å². The van der Waals surface area contributed by atoms with Gasteiger partial charge in [0.05, 0.1) is 0 Å². The van der Waals surface area contributed by atoms with Crippen LogP contribution >= 0.6 is 0 Å². The van der Waals surface area contributed by atoms with Gasteiger partial charge in [-0.05, 0) is 23.6 Å². The smallest absolute Gasteiger partial charge is 0.413 e. The number of amides is 2. The molecule has 0 aliphatic carbocycles. The maximum atomic E-state index is 15.3. The summed E-state index contributed by atoms with van der Waals surface area (Å²) in [5, 5.41) is 10.1. The van der Waals surface area contributed by atoms with Crippen molar-refractivity contribution in [3.63, 3.8) is 0 Å². The zero-order valence-electron chi connectivity index (χ0n) is 19.4. The SMILES string of the molecule is CC(C)CC(=O)OC(OC(=O)N1CC=C(c2ccc(O)c(N3CC(=O)NS3=O)c2F)C1)C(C)C. The molecule has 2 amide bonds. The number of phenols is 1. The fraction of sp³-hybridized carbons (Fsp3) is 0.500. The van der Waals surface area contributed by atoms with Crippen LogP contribution in [-0.4, -0.2) is 58.1 Å². The monoisotopic (exact) mass is 497 g/mol. The molecule has 2 N–H and O–H groups in total. The van der Waals surface area contributed by atoms with Gasteiger partial charge in [0, 0.05) is 31.0 Å². The molecule has 1 fully saturated rings. The predicted octanol–water partition coefficient (Wildman–Crippen LogP) is 2.45. The lowest BCUT2D eigenvalue weighted by Gasteiger charge is -2.25. The number of nitrogens with zero attached hydrogens (tertiary/aromatic N) is 2. The minimum Gasteiger partial charge on any atom is -0.506 e. The summed E-state index contributed by atoms with van der Waals surface area (Å²) in [5.74, 6) is -2.54. The average molecular weight is 498 g/mol. The number of hydrogen-bond acceptors (Lipinski definition) is 7. The molecular weight excluding hydrogens is 469 g/mol. The van der Waals surface area contributed by atoms with Gasteiger partial charge in [-0.1, -0.05) is 33.8 Å². The van der Waals surface area contributed by atoms with Gasteiger partial charge >= 0.3 is 12.1 Å². The number of hydrogen-bond donors (Lipinski definition) is 2. The third-order valence-electron chi connectivity index (χ3n) is 5.14. The van der Waals surface area contributed by atoms with E-state index in [2.05, 4.69) is 4.72 Å². The molecule has 186 valence electrons. The Hall–Kier alpha value is -3.15. The molecule has 1 aromatic rings. The molecule has 0 bridgehead atoms. The van der Waals surface area contributed by atoms with Crippen LogP contribution < -0.4 is 9.03 Å². The number of anilines is 1. The summed E-state index contributed by atoms with van der Waals surface area (Å²) in [4.78, 5) is 37.5. The third-order valence-corrected chi connectivity index (χ3v) is 6.25. The molecule has 34 heavy (non-hydrogen) atoms. The predicted molar refractivity (Wildman–Crippen MR) is 122 cm³/mol. The summed E-state index contributed by atoms with van der Waals surface area (Å²) < 4.78 is 41.2. The number of halogens is 1. The van der Waals surface area contributed by atoms with Gasteiger partial charge in [0.2, 0.25) is 11.2 Å². The molecule has 0 aromatic heterocycles. The first-order valence-corrected chi connectivity index (χ1v) is 11.9. The highest BCUT2D eigenvalue weighted by Gasteiger charge is 2.34. The van der Waals surface area contributed by atoms with Crippen LogP contribution in [0.5, 0.6) is 5.75 Å². The zero-order valence-corrected chi connectivity index (χ0v) is 20.2. The van der Waals surface area contributed by atoms with Gasteiger partial charge in [0.25, 0.3) is 12.2 Å². The van der Waals surface area contributed by atoms with E-state index in [4.69, 9.17) is 9.47 Å². The van der Waals surface area contributed by atoms with Crippen LogP contribution in [0.3, 0.4) is 0 Å². The van der Waals surface area contributed by atoms with Crippen molar-refractivity contribution in [2.75, 3.05) is 23.9 Å². The van der Waals surface area contributed by atoms with Crippen molar-refractivity contribution < 1.29 is 37.6 Å². The first-order chi connectivity index (χ1) is 16.0. The highest BCUT2D eigenvalue weighted by molar-refractivity contribution is 7.85. The lowest BCUT2D eigenvalue weighted by atomic mass is 10.0. The maximum Gasteiger partial charge on any atom is 0.413 e. The van der Waals surface area contributed by atoms with E-state index in [0.29, 0.717) is 5.57 Å². The molecule has 2 unspecified atom stereocenters. The largest absolute Gasteiger partial charge is 0.506 e. The molecule has 1 saturated heterocycles. The van der Waals surface area contributed by atoms with Gasteiger partial charge in [0.15, 0.2) is 5.82 Å². The Kier molecular flexibility index (Phi) is 7.80. The molecule has 3 rings (SSSR count). The molecule has 0 radical (unpaired) electrons. The van der Waals surface area contributed by atoms with Crippen LogP contribution in [0, 0.1) is 17.7 Å². The first kappa shape index (κ1) is 25.5.